The van der Waals surface area contributed by atoms with Gasteiger partial charge in [-0.2, -0.15) is 0 Å². The van der Waals surface area contributed by atoms with Crippen LogP contribution in [0.4, 0.5) is 0 Å². The van der Waals surface area contributed by atoms with Gasteiger partial charge in [0, 0.05) is 17.3 Å². The topological polar surface area (TPSA) is 64.6 Å². The molecule has 0 fully saturated rings. The van der Waals surface area contributed by atoms with E-state index in [2.05, 4.69) is 46.9 Å². The Morgan fingerprint density at radius 1 is 1.00 bits per heavy atom. The average molecular weight is 446 g/mol. The molecule has 1 aromatic rings. The van der Waals surface area contributed by atoms with Gasteiger partial charge in [0.05, 0.1) is 14.7 Å². The molecule has 172 valence electrons. The van der Waals surface area contributed by atoms with Crippen LogP contribution in [0, 0.1) is 5.92 Å². The molecule has 0 saturated carbocycles. The molecule has 0 aliphatic carbocycles. The van der Waals surface area contributed by atoms with Crippen molar-refractivity contribution in [3.05, 3.63) is 47.7 Å². The number of hydrogen-bond donors (Lipinski definition) is 1. The molecule has 0 aromatic heterocycles. The predicted octanol–water partition coefficient (Wildman–Crippen LogP) is 5.75. The number of hydrogen-bond acceptors (Lipinski definition) is 5. The van der Waals surface area contributed by atoms with Crippen LogP contribution in [-0.2, 0) is 24.8 Å². The van der Waals surface area contributed by atoms with Gasteiger partial charge in [-0.05, 0) is 12.0 Å². The average Bonchev–Trinajstić information content (AvgIpc) is 2.70. The summed E-state index contributed by atoms with van der Waals surface area (Å²) in [4.78, 5) is 25.9. The van der Waals surface area contributed by atoms with Gasteiger partial charge in [0.2, 0.25) is 0 Å². The molecule has 1 N–H and O–H groups in total. The maximum atomic E-state index is 13.5. The van der Waals surface area contributed by atoms with Crippen LogP contribution in [-0.4, -0.2) is 26.6 Å². The Balaban J connectivity index is 2.32. The molecule has 1 aliphatic rings. The van der Waals surface area contributed by atoms with E-state index in [0.717, 1.165) is 6.04 Å². The third-order valence-corrected chi connectivity index (χ3v) is 14.4. The van der Waals surface area contributed by atoms with Gasteiger partial charge >= 0.3 is 17.7 Å². The fraction of sp³-hybridized carbons (Fsp3) is 0.600. The van der Waals surface area contributed by atoms with Crippen molar-refractivity contribution in [1.29, 1.82) is 0 Å². The normalized spacial score (nSPS) is 19.5. The largest absolute Gasteiger partial charge is 0.461 e. The number of allylic oxidation sites excluding steroid dienone is 1. The lowest BCUT2D eigenvalue weighted by Crippen LogP contribution is -2.56. The second-order valence-electron chi connectivity index (χ2n) is 9.81. The monoisotopic (exact) mass is 445 g/mol. The standard InChI is InChI=1S/C25H39NO4Si/c1-17(2)22-16-23(27)30-25(26-22,21-12-10-9-11-13-21)24(28)29-14-15-31(18(3)4,19(5)6)20(7)8/h9-13,16-20,26H,14-15H2,1-8H3. The number of benzene rings is 1. The fourth-order valence-electron chi connectivity index (χ4n) is 5.19. The molecule has 0 spiro atoms. The Bertz CT molecular complexity index is 779. The smallest absolute Gasteiger partial charge is 0.377 e. The number of carbonyl (C=O) groups excluding carboxylic acids is 2. The first-order valence-corrected chi connectivity index (χ1v) is 13.9. The fourth-order valence-corrected chi connectivity index (χ4v) is 11.4. The van der Waals surface area contributed by atoms with Crippen molar-refractivity contribution in [3.63, 3.8) is 0 Å². The van der Waals surface area contributed by atoms with Gasteiger partial charge in [0.1, 0.15) is 0 Å². The van der Waals surface area contributed by atoms with E-state index < -0.39 is 25.7 Å². The van der Waals surface area contributed by atoms with E-state index in [-0.39, 0.29) is 5.92 Å². The summed E-state index contributed by atoms with van der Waals surface area (Å²) in [7, 11) is -1.71. The molecule has 0 radical (unpaired) electrons. The van der Waals surface area contributed by atoms with Crippen LogP contribution >= 0.6 is 0 Å². The number of esters is 2. The minimum atomic E-state index is -1.71. The van der Waals surface area contributed by atoms with Crippen molar-refractivity contribution in [2.45, 2.75) is 83.8 Å². The van der Waals surface area contributed by atoms with E-state index in [1.807, 2.05) is 32.0 Å². The second kappa shape index (κ2) is 10.0. The minimum absolute atomic E-state index is 0.0339. The van der Waals surface area contributed by atoms with Crippen LogP contribution in [0.1, 0.15) is 61.0 Å². The first kappa shape index (κ1) is 25.2. The molecule has 1 aliphatic heterocycles. The van der Waals surface area contributed by atoms with Crippen molar-refractivity contribution in [3.8, 4) is 0 Å². The van der Waals surface area contributed by atoms with Crippen LogP contribution in [0.25, 0.3) is 0 Å². The summed E-state index contributed by atoms with van der Waals surface area (Å²) in [6.07, 6.45) is 1.41. The minimum Gasteiger partial charge on any atom is -0.461 e. The third-order valence-electron chi connectivity index (χ3n) is 6.93. The summed E-state index contributed by atoms with van der Waals surface area (Å²) >= 11 is 0. The Morgan fingerprint density at radius 3 is 2.03 bits per heavy atom. The Kier molecular flexibility index (Phi) is 8.14. The molecule has 1 unspecified atom stereocenters. The van der Waals surface area contributed by atoms with Crippen LogP contribution in [0.2, 0.25) is 22.7 Å². The Morgan fingerprint density at radius 2 is 1.55 bits per heavy atom. The molecule has 0 amide bonds. The van der Waals surface area contributed by atoms with Crippen LogP contribution in [0.15, 0.2) is 42.1 Å². The number of nitrogens with one attached hydrogen (secondary N) is 1. The lowest BCUT2D eigenvalue weighted by atomic mass is 9.98. The van der Waals surface area contributed by atoms with E-state index in [4.69, 9.17) is 9.47 Å². The van der Waals surface area contributed by atoms with Gasteiger partial charge in [-0.3, -0.25) is 0 Å². The van der Waals surface area contributed by atoms with Gasteiger partial charge in [0.15, 0.2) is 0 Å². The maximum absolute atomic E-state index is 13.5. The van der Waals surface area contributed by atoms with Gasteiger partial charge < -0.3 is 14.8 Å². The summed E-state index contributed by atoms with van der Waals surface area (Å²) in [6.45, 7) is 18.0. The lowest BCUT2D eigenvalue weighted by molar-refractivity contribution is -0.187. The number of ether oxygens (including phenoxy) is 2. The van der Waals surface area contributed by atoms with Crippen molar-refractivity contribution < 1.29 is 19.1 Å². The highest BCUT2D eigenvalue weighted by Crippen LogP contribution is 2.44. The maximum Gasteiger partial charge on any atom is 0.377 e. The van der Waals surface area contributed by atoms with Gasteiger partial charge in [-0.25, -0.2) is 9.59 Å². The molecular formula is C25H39NO4Si. The summed E-state index contributed by atoms with van der Waals surface area (Å²) < 4.78 is 11.5. The van der Waals surface area contributed by atoms with E-state index >= 15 is 0 Å². The van der Waals surface area contributed by atoms with Gasteiger partial charge in [0.25, 0.3) is 0 Å². The molecule has 1 heterocycles. The quantitative estimate of drug-likeness (QED) is 0.387. The zero-order chi connectivity index (χ0) is 23.4. The number of cyclic esters (lactones) is 1. The summed E-state index contributed by atoms with van der Waals surface area (Å²) in [5, 5.41) is 3.18. The molecular weight excluding hydrogens is 406 g/mol. The number of carbonyl (C=O) groups is 2. The molecule has 0 saturated heterocycles. The third kappa shape index (κ3) is 5.05. The predicted molar refractivity (Wildman–Crippen MR) is 127 cm³/mol. The van der Waals surface area contributed by atoms with E-state index in [9.17, 15) is 9.59 Å². The Labute approximate surface area is 188 Å². The van der Waals surface area contributed by atoms with E-state index in [1.165, 1.54) is 6.08 Å². The zero-order valence-electron chi connectivity index (χ0n) is 20.3. The molecule has 0 bridgehead atoms. The van der Waals surface area contributed by atoms with Crippen molar-refractivity contribution in [2.75, 3.05) is 6.61 Å². The van der Waals surface area contributed by atoms with Gasteiger partial charge in [-0.15, -0.1) is 0 Å². The lowest BCUT2D eigenvalue weighted by Gasteiger charge is -2.43. The molecule has 5 nitrogen and oxygen atoms in total. The zero-order valence-corrected chi connectivity index (χ0v) is 21.3. The second-order valence-corrected chi connectivity index (χ2v) is 16.0. The molecule has 2 rings (SSSR count). The van der Waals surface area contributed by atoms with Crippen LogP contribution in [0.3, 0.4) is 0 Å². The molecule has 1 atom stereocenters. The highest BCUT2D eigenvalue weighted by Gasteiger charge is 2.49. The van der Waals surface area contributed by atoms with E-state index in [1.54, 1.807) is 12.1 Å². The molecule has 6 heteroatoms. The highest BCUT2D eigenvalue weighted by atomic mass is 28.3. The van der Waals surface area contributed by atoms with Crippen LogP contribution in [0.5, 0.6) is 0 Å². The van der Waals surface area contributed by atoms with E-state index in [0.29, 0.717) is 34.5 Å². The molecule has 31 heavy (non-hydrogen) atoms. The Hall–Kier alpha value is -2.08. The summed E-state index contributed by atoms with van der Waals surface area (Å²) in [6, 6.07) is 9.95. The summed E-state index contributed by atoms with van der Waals surface area (Å²) in [5.41, 5.74) is 1.29. The first-order valence-electron chi connectivity index (χ1n) is 11.4. The number of rotatable bonds is 9. The van der Waals surface area contributed by atoms with Gasteiger partial charge in [-0.1, -0.05) is 102 Å². The van der Waals surface area contributed by atoms with Crippen molar-refractivity contribution >= 4 is 20.0 Å². The highest BCUT2D eigenvalue weighted by molar-refractivity contribution is 6.83. The summed E-state index contributed by atoms with van der Waals surface area (Å²) in [5.74, 6) is -1.08. The SMILES string of the molecule is CC(C)C1=CC(=O)OC(C(=O)OCC[Si](C(C)C)(C(C)C)C(C)C)(c2ccccc2)N1. The van der Waals surface area contributed by atoms with Crippen molar-refractivity contribution in [2.24, 2.45) is 5.92 Å². The van der Waals surface area contributed by atoms with Crippen molar-refractivity contribution in [1.82, 2.24) is 5.32 Å². The first-order chi connectivity index (χ1) is 14.5. The van der Waals surface area contributed by atoms with Crippen LogP contribution < -0.4 is 5.32 Å². The molecule has 1 aromatic carbocycles.